The smallest absolute Gasteiger partial charge is 0.394 e. The molecule has 0 aromatic heterocycles. The normalized spacial score (nSPS) is 32.6. The molecule has 13 heteroatoms. The van der Waals surface area contributed by atoms with Crippen LogP contribution in [0.3, 0.4) is 0 Å². The van der Waals surface area contributed by atoms with Crippen LogP contribution in [0.5, 0.6) is 0 Å². The molecule has 12 nitrogen and oxygen atoms in total. The number of ether oxygens (including phenoxy) is 1. The van der Waals surface area contributed by atoms with Crippen molar-refractivity contribution in [3.05, 3.63) is 0 Å². The Bertz CT molecular complexity index is 378. The van der Waals surface area contributed by atoms with Crippen molar-refractivity contribution in [2.45, 2.75) is 37.6 Å². The Kier molecular flexibility index (Phi) is 9.37. The predicted octanol–water partition coefficient (Wildman–Crippen LogP) is -2.64. The van der Waals surface area contributed by atoms with Crippen LogP contribution in [0, 0.1) is 0 Å². The summed E-state index contributed by atoms with van der Waals surface area (Å²) in [5.41, 5.74) is 0. The lowest BCUT2D eigenvalue weighted by atomic mass is 9.97. The first kappa shape index (κ1) is 22.6. The fourth-order valence-corrected chi connectivity index (χ4v) is 2.15. The summed E-state index contributed by atoms with van der Waals surface area (Å²) in [6.07, 6.45) is -6.17. The molecule has 1 rings (SSSR count). The van der Waals surface area contributed by atoms with E-state index in [4.69, 9.17) is 19.6 Å². The molecule has 0 bridgehead atoms. The average Bonchev–Trinajstić information content (AvgIpc) is 2.26. The van der Waals surface area contributed by atoms with Gasteiger partial charge in [-0.1, -0.05) is 0 Å². The van der Waals surface area contributed by atoms with Crippen molar-refractivity contribution in [2.75, 3.05) is 6.61 Å². The third-order valence-corrected chi connectivity index (χ3v) is 2.97. The number of phosphoric acid groups is 1. The Labute approximate surface area is 120 Å². The van der Waals surface area contributed by atoms with Crippen LogP contribution in [0.4, 0.5) is 0 Å². The molecule has 1 heterocycles. The molecule has 0 aromatic rings. The van der Waals surface area contributed by atoms with Gasteiger partial charge in [-0.3, -0.25) is 9.32 Å². The van der Waals surface area contributed by atoms with Gasteiger partial charge in [0.25, 0.3) is 0 Å². The Morgan fingerprint density at radius 2 is 1.81 bits per heavy atom. The van der Waals surface area contributed by atoms with Crippen molar-refractivity contribution in [2.24, 2.45) is 0 Å². The molecule has 128 valence electrons. The van der Waals surface area contributed by atoms with E-state index < -0.39 is 51.0 Å². The Morgan fingerprint density at radius 1 is 1.29 bits per heavy atom. The van der Waals surface area contributed by atoms with Gasteiger partial charge >= 0.3 is 7.82 Å². The highest BCUT2D eigenvalue weighted by atomic mass is 31.2. The molecule has 12 N–H and O–H groups in total. The molecule has 1 fully saturated rings. The van der Waals surface area contributed by atoms with Crippen LogP contribution in [-0.4, -0.2) is 68.3 Å². The number of phosphoric ester groups is 1. The summed E-state index contributed by atoms with van der Waals surface area (Å²) in [7, 11) is -4.95. The highest BCUT2D eigenvalue weighted by Gasteiger charge is 2.47. The minimum atomic E-state index is -4.95. The summed E-state index contributed by atoms with van der Waals surface area (Å²) in [5, 5.41) is 30.5. The van der Waals surface area contributed by atoms with Crippen LogP contribution in [0.2, 0.25) is 0 Å². The predicted molar refractivity (Wildman–Crippen MR) is 68.5 cm³/mol. The number of carbonyl (C=O) groups excluding carboxylic acids is 1. The molecule has 1 saturated heterocycles. The van der Waals surface area contributed by atoms with Crippen LogP contribution in [0.1, 0.15) is 6.92 Å². The molecule has 1 amide bonds. The van der Waals surface area contributed by atoms with E-state index in [1.807, 2.05) is 0 Å². The van der Waals surface area contributed by atoms with Crippen molar-refractivity contribution in [1.29, 1.82) is 0 Å². The molecule has 21 heavy (non-hydrogen) atoms. The monoisotopic (exact) mass is 335 g/mol. The lowest BCUT2D eigenvalue weighted by Crippen LogP contribution is -2.64. The Balaban J connectivity index is 0. The number of amides is 1. The average molecular weight is 335 g/mol. The SMILES string of the molecule is CC(=O)N[C@H]1[C@@H](OP(=O)(O)O)O[C@H](CO)[C@H](O)[C@@H]1O.N.N. The molecular weight excluding hydrogens is 313 g/mol. The quantitative estimate of drug-likeness (QED) is 0.247. The highest BCUT2D eigenvalue weighted by molar-refractivity contribution is 7.46. The largest absolute Gasteiger partial charge is 0.472 e. The van der Waals surface area contributed by atoms with Crippen molar-refractivity contribution >= 4 is 13.7 Å². The number of hydrogen-bond acceptors (Lipinski definition) is 9. The number of rotatable bonds is 4. The first-order valence-electron chi connectivity index (χ1n) is 5.29. The van der Waals surface area contributed by atoms with E-state index >= 15 is 0 Å². The zero-order valence-corrected chi connectivity index (χ0v) is 12.2. The van der Waals surface area contributed by atoms with Gasteiger partial charge in [0, 0.05) is 6.92 Å². The topological polar surface area (TPSA) is 236 Å². The molecule has 0 aliphatic carbocycles. The molecule has 0 saturated carbocycles. The second-order valence-electron chi connectivity index (χ2n) is 4.03. The van der Waals surface area contributed by atoms with Crippen molar-refractivity contribution in [1.82, 2.24) is 17.6 Å². The van der Waals surface area contributed by atoms with Crippen LogP contribution in [0.25, 0.3) is 0 Å². The van der Waals surface area contributed by atoms with Crippen molar-refractivity contribution < 1.29 is 43.7 Å². The molecule has 5 atom stereocenters. The van der Waals surface area contributed by atoms with Gasteiger partial charge in [-0.2, -0.15) is 0 Å². The fraction of sp³-hybridized carbons (Fsp3) is 0.875. The van der Waals surface area contributed by atoms with E-state index in [-0.39, 0.29) is 12.3 Å². The van der Waals surface area contributed by atoms with Gasteiger partial charge in [0.05, 0.1) is 6.61 Å². The van der Waals surface area contributed by atoms with E-state index in [0.717, 1.165) is 6.92 Å². The number of aliphatic hydroxyl groups is 3. The van der Waals surface area contributed by atoms with Gasteiger partial charge < -0.3 is 47.5 Å². The number of nitrogens with one attached hydrogen (secondary N) is 1. The molecular formula is C8H22N3O9P. The zero-order chi connectivity index (χ0) is 14.8. The highest BCUT2D eigenvalue weighted by Crippen LogP contribution is 2.40. The summed E-state index contributed by atoms with van der Waals surface area (Å²) in [6, 6.07) is -1.39. The molecule has 1 aliphatic rings. The Hall–Kier alpha value is -0.660. The molecule has 0 radical (unpaired) electrons. The van der Waals surface area contributed by atoms with E-state index in [1.54, 1.807) is 0 Å². The minimum Gasteiger partial charge on any atom is -0.394 e. The summed E-state index contributed by atoms with van der Waals surface area (Å²) >= 11 is 0. The summed E-state index contributed by atoms with van der Waals surface area (Å²) in [6.45, 7) is 0.401. The maximum atomic E-state index is 11.0. The van der Waals surface area contributed by atoms with Gasteiger partial charge in [0.1, 0.15) is 24.4 Å². The van der Waals surface area contributed by atoms with Gasteiger partial charge in [-0.05, 0) is 0 Å². The van der Waals surface area contributed by atoms with Crippen LogP contribution in [0.15, 0.2) is 0 Å². The second kappa shape index (κ2) is 8.70. The van der Waals surface area contributed by atoms with Crippen LogP contribution >= 0.6 is 7.82 Å². The first-order chi connectivity index (χ1) is 8.65. The summed E-state index contributed by atoms with van der Waals surface area (Å²) < 4.78 is 20.0. The molecule has 0 aromatic carbocycles. The minimum absolute atomic E-state index is 0. The number of carbonyl (C=O) groups is 1. The second-order valence-corrected chi connectivity index (χ2v) is 5.22. The maximum absolute atomic E-state index is 11.0. The summed E-state index contributed by atoms with van der Waals surface area (Å²) in [5.74, 6) is -0.624. The molecule has 0 unspecified atom stereocenters. The van der Waals surface area contributed by atoms with Gasteiger partial charge in [-0.15, -0.1) is 0 Å². The standard InChI is InChI=1S/C8H16NO9P.2H3N/c1-3(11)9-5-7(13)6(12)4(2-10)17-8(5)18-19(14,15)16;;/h4-8,10,12-13H,2H2,1H3,(H,9,11)(H2,14,15,16);2*1H3/t4-,5-,6+,7-,8-;;/m1../s1. The Morgan fingerprint density at radius 3 is 2.19 bits per heavy atom. The van der Waals surface area contributed by atoms with Crippen LogP contribution < -0.4 is 17.6 Å². The van der Waals surface area contributed by atoms with E-state index in [0.29, 0.717) is 0 Å². The van der Waals surface area contributed by atoms with Gasteiger partial charge in [0.2, 0.25) is 5.91 Å². The van der Waals surface area contributed by atoms with Gasteiger partial charge in [0.15, 0.2) is 6.29 Å². The number of aliphatic hydroxyl groups excluding tert-OH is 3. The number of hydrogen-bond donors (Lipinski definition) is 8. The lowest BCUT2D eigenvalue weighted by molar-refractivity contribution is -0.248. The van der Waals surface area contributed by atoms with E-state index in [2.05, 4.69) is 9.84 Å². The zero-order valence-electron chi connectivity index (χ0n) is 11.3. The van der Waals surface area contributed by atoms with E-state index in [1.165, 1.54) is 0 Å². The van der Waals surface area contributed by atoms with Crippen molar-refractivity contribution in [3.63, 3.8) is 0 Å². The first-order valence-corrected chi connectivity index (χ1v) is 6.82. The third-order valence-electron chi connectivity index (χ3n) is 2.49. The lowest BCUT2D eigenvalue weighted by Gasteiger charge is -2.41. The summed E-state index contributed by atoms with van der Waals surface area (Å²) in [4.78, 5) is 28.4. The van der Waals surface area contributed by atoms with Crippen molar-refractivity contribution in [3.8, 4) is 0 Å². The van der Waals surface area contributed by atoms with Gasteiger partial charge in [-0.25, -0.2) is 4.57 Å². The molecule has 1 aliphatic heterocycles. The fourth-order valence-electron chi connectivity index (χ4n) is 1.70. The maximum Gasteiger partial charge on any atom is 0.472 e. The molecule has 0 spiro atoms. The van der Waals surface area contributed by atoms with E-state index in [9.17, 15) is 19.6 Å². The van der Waals surface area contributed by atoms with Crippen LogP contribution in [-0.2, 0) is 18.6 Å². The third kappa shape index (κ3) is 6.32.